The van der Waals surface area contributed by atoms with Gasteiger partial charge in [-0.25, -0.2) is 0 Å². The van der Waals surface area contributed by atoms with E-state index < -0.39 is 0 Å². The summed E-state index contributed by atoms with van der Waals surface area (Å²) in [4.78, 5) is 0. The van der Waals surface area contributed by atoms with E-state index in [0.29, 0.717) is 0 Å². The smallest absolute Gasteiger partial charge is 1.00 e. The molecule has 0 rings (SSSR count). The van der Waals surface area contributed by atoms with E-state index in [2.05, 4.69) is 25.4 Å². The molecule has 0 aromatic rings. The molecule has 0 fully saturated rings. The van der Waals surface area contributed by atoms with Gasteiger partial charge >= 0.3 is 100 Å². The molecule has 0 aromatic heterocycles. The Labute approximate surface area is 97.0 Å². The van der Waals surface area contributed by atoms with Crippen LogP contribution in [0.5, 0.6) is 0 Å². The molecule has 0 unspecified atom stereocenters. The minimum Gasteiger partial charge on any atom is 1.00 e. The van der Waals surface area contributed by atoms with Gasteiger partial charge in [-0.2, -0.15) is 0 Å². The van der Waals surface area contributed by atoms with Crippen molar-refractivity contribution in [3.05, 3.63) is 0 Å². The van der Waals surface area contributed by atoms with E-state index in [-0.39, 0.29) is 74.9 Å². The van der Waals surface area contributed by atoms with Crippen LogP contribution in [0.3, 0.4) is 0 Å². The van der Waals surface area contributed by atoms with E-state index in [9.17, 15) is 0 Å². The minimum absolute atomic E-state index is 0. The Bertz CT molecular complexity index is 6.00. The summed E-state index contributed by atoms with van der Waals surface area (Å²) in [6, 6.07) is 0. The van der Waals surface area contributed by atoms with Gasteiger partial charge in [0.25, 0.3) is 0 Å². The second kappa shape index (κ2) is 9.71. The Hall–Kier alpha value is 3.50. The molecule has 22 valence electrons. The summed E-state index contributed by atoms with van der Waals surface area (Å²) in [6.45, 7) is 0. The molecule has 0 bridgehead atoms. The van der Waals surface area contributed by atoms with Crippen LogP contribution in [0.15, 0.2) is 0 Å². The maximum Gasteiger partial charge on any atom is 1.00 e. The number of hydrogen-bond donors (Lipinski definition) is 0. The second-order valence-electron chi connectivity index (χ2n) is 0.0540. The molecule has 0 aliphatic rings. The normalized spacial score (nSPS) is 5.50. The fourth-order valence-corrected chi connectivity index (χ4v) is 0. The van der Waals surface area contributed by atoms with Crippen molar-refractivity contribution in [3.63, 3.8) is 0 Å². The van der Waals surface area contributed by atoms with Crippen molar-refractivity contribution in [2.45, 2.75) is 0 Å². The van der Waals surface area contributed by atoms with Crippen molar-refractivity contribution < 1.29 is 74.9 Å². The van der Waals surface area contributed by atoms with Gasteiger partial charge in [0.2, 0.25) is 0 Å². The zero-order valence-corrected chi connectivity index (χ0v) is 12.4. The van der Waals surface area contributed by atoms with E-state index in [4.69, 9.17) is 0 Å². The Morgan fingerprint density at radius 2 is 1.25 bits per heavy atom. The molecule has 0 amide bonds. The first kappa shape index (κ1) is 10.5. The fraction of sp³-hybridized carbons (Fsp3) is 0. The maximum absolute atomic E-state index is 3.17. The molecular weight excluding hydrogens is 372 g/mol. The number of halogens is 3. The Kier molecular flexibility index (Phi) is 25.4. The zero-order chi connectivity index (χ0) is 2.71. The van der Waals surface area contributed by atoms with Crippen molar-refractivity contribution in [1.82, 2.24) is 0 Å². The quantitative estimate of drug-likeness (QED) is 0.378. The van der Waals surface area contributed by atoms with Gasteiger partial charge in [-0.15, -0.1) is 0 Å². The van der Waals surface area contributed by atoms with E-state index >= 15 is 0 Å². The maximum atomic E-state index is 3.17. The Balaban J connectivity index is 0. The van der Waals surface area contributed by atoms with Gasteiger partial charge in [-0.3, -0.25) is 0 Å². The summed E-state index contributed by atoms with van der Waals surface area (Å²) in [5.74, 6) is 0. The van der Waals surface area contributed by atoms with Crippen LogP contribution in [0.1, 0.15) is 0 Å². The Morgan fingerprint density at radius 1 is 1.25 bits per heavy atom. The van der Waals surface area contributed by atoms with Crippen LogP contribution in [-0.2, 0) is 0 Å². The number of hydrogen-bond acceptors (Lipinski definition) is 0. The first-order chi connectivity index (χ1) is 1.41. The molecule has 4 heteroatoms. The third kappa shape index (κ3) is 9.09. The molecular formula is Br2IRb. The standard InChI is InChI=1S/Br2I.Rb/c1-3-2;/q-1;+1. The first-order valence-corrected chi connectivity index (χ1v) is 9.96. The molecule has 0 radical (unpaired) electrons. The van der Waals surface area contributed by atoms with Crippen LogP contribution in [0.4, 0.5) is 0 Å². The van der Waals surface area contributed by atoms with E-state index in [1.54, 1.807) is 0 Å². The monoisotopic (exact) mass is 370 g/mol. The van der Waals surface area contributed by atoms with Crippen molar-refractivity contribution in [2.75, 3.05) is 0 Å². The average molecular weight is 372 g/mol. The first-order valence-electron chi connectivity index (χ1n) is 0.286. The Morgan fingerprint density at radius 3 is 1.25 bits per heavy atom. The van der Waals surface area contributed by atoms with Crippen molar-refractivity contribution in [2.24, 2.45) is 0 Å². The fourth-order valence-electron chi connectivity index (χ4n) is 0. The predicted molar refractivity (Wildman–Crippen MR) is 17.9 cm³/mol. The molecule has 0 saturated heterocycles. The van der Waals surface area contributed by atoms with Crippen LogP contribution < -0.4 is 74.9 Å². The summed E-state index contributed by atoms with van der Waals surface area (Å²) in [5, 5.41) is 0. The topological polar surface area (TPSA) is 0 Å². The molecule has 0 nitrogen and oxygen atoms in total. The van der Waals surface area contributed by atoms with Gasteiger partial charge in [0, 0.05) is 0 Å². The third-order valence-corrected chi connectivity index (χ3v) is 0. The summed E-state index contributed by atoms with van der Waals surface area (Å²) in [5.41, 5.74) is 0. The van der Waals surface area contributed by atoms with Crippen molar-refractivity contribution >= 4 is 25.4 Å². The molecule has 4 heavy (non-hydrogen) atoms. The number of rotatable bonds is 0. The third-order valence-electron chi connectivity index (χ3n) is 0. The molecule has 0 spiro atoms. The molecule has 0 aromatic carbocycles. The van der Waals surface area contributed by atoms with E-state index in [1.807, 2.05) is 0 Å². The van der Waals surface area contributed by atoms with Crippen LogP contribution >= 0.6 is 25.4 Å². The van der Waals surface area contributed by atoms with Gasteiger partial charge in [0.1, 0.15) is 0 Å². The minimum atomic E-state index is 0. The summed E-state index contributed by atoms with van der Waals surface area (Å²) in [7, 11) is 0. The van der Waals surface area contributed by atoms with Crippen LogP contribution in [0.25, 0.3) is 0 Å². The van der Waals surface area contributed by atoms with Crippen molar-refractivity contribution in [3.8, 4) is 0 Å². The average Bonchev–Trinajstić information content (AvgIpc) is 0.918. The van der Waals surface area contributed by atoms with Gasteiger partial charge < -0.3 is 0 Å². The molecule has 0 atom stereocenters. The van der Waals surface area contributed by atoms with E-state index in [0.717, 1.165) is 0 Å². The molecule has 0 N–H and O–H groups in total. The SMILES string of the molecule is Br[I-]Br.[Rb+]. The van der Waals surface area contributed by atoms with Crippen LogP contribution in [-0.4, -0.2) is 0 Å². The molecule has 0 aliphatic heterocycles. The molecule has 0 heterocycles. The zero-order valence-electron chi connectivity index (χ0n) is 2.13. The summed E-state index contributed by atoms with van der Waals surface area (Å²) in [6.07, 6.45) is 0. The van der Waals surface area contributed by atoms with Gasteiger partial charge in [0.15, 0.2) is 0 Å². The summed E-state index contributed by atoms with van der Waals surface area (Å²) < 4.78 is 0. The van der Waals surface area contributed by atoms with Gasteiger partial charge in [-0.1, -0.05) is 0 Å². The van der Waals surface area contributed by atoms with Crippen molar-refractivity contribution in [1.29, 1.82) is 0 Å². The molecule has 0 saturated carbocycles. The van der Waals surface area contributed by atoms with Gasteiger partial charge in [0.05, 0.1) is 0 Å². The van der Waals surface area contributed by atoms with E-state index in [1.165, 1.54) is 0 Å². The predicted octanol–water partition coefficient (Wildman–Crippen LogP) is -4.30. The summed E-state index contributed by atoms with van der Waals surface area (Å²) >= 11 is 6.56. The second-order valence-corrected chi connectivity index (χ2v) is 9.78. The van der Waals surface area contributed by atoms with Gasteiger partial charge in [-0.05, 0) is 0 Å². The van der Waals surface area contributed by atoms with Crippen LogP contribution in [0, 0.1) is 0 Å². The van der Waals surface area contributed by atoms with Crippen LogP contribution in [0.2, 0.25) is 0 Å². The molecule has 0 aliphatic carbocycles. The largest absolute Gasteiger partial charge is 1.00 e.